The molecule has 0 saturated carbocycles. The minimum Gasteiger partial charge on any atom is -0.325 e. The molecule has 1 saturated heterocycles. The first kappa shape index (κ1) is 14.4. The molecule has 0 bridgehead atoms. The predicted octanol–water partition coefficient (Wildman–Crippen LogP) is 0.943. The summed E-state index contributed by atoms with van der Waals surface area (Å²) in [5, 5.41) is 0. The van der Waals surface area contributed by atoms with Gasteiger partial charge in [0, 0.05) is 23.7 Å². The third kappa shape index (κ3) is 2.96. The molecule has 1 aromatic carbocycles. The van der Waals surface area contributed by atoms with Gasteiger partial charge in [-0.2, -0.15) is 0 Å². The summed E-state index contributed by atoms with van der Waals surface area (Å²) >= 11 is 0. The Hall–Kier alpha value is -0.980. The summed E-state index contributed by atoms with van der Waals surface area (Å²) in [7, 11) is -1.28. The second kappa shape index (κ2) is 5.19. The molecule has 4 nitrogen and oxygen atoms in total. The molecular formula is C13H19FN2O2S. The van der Waals surface area contributed by atoms with Crippen molar-refractivity contribution < 1.29 is 12.8 Å². The van der Waals surface area contributed by atoms with Crippen LogP contribution in [0.1, 0.15) is 18.5 Å². The highest BCUT2D eigenvalue weighted by Gasteiger charge is 2.39. The molecule has 3 atom stereocenters. The molecule has 1 heterocycles. The van der Waals surface area contributed by atoms with Crippen LogP contribution >= 0.6 is 0 Å². The molecule has 1 aliphatic heterocycles. The van der Waals surface area contributed by atoms with Gasteiger partial charge in [-0.25, -0.2) is 12.8 Å². The van der Waals surface area contributed by atoms with Gasteiger partial charge in [0.1, 0.15) is 5.82 Å². The van der Waals surface area contributed by atoms with Crippen molar-refractivity contribution >= 4 is 9.84 Å². The van der Waals surface area contributed by atoms with Crippen molar-refractivity contribution in [2.24, 2.45) is 5.73 Å². The minimum atomic E-state index is -3.08. The number of nitrogens with two attached hydrogens (primary N) is 1. The van der Waals surface area contributed by atoms with Gasteiger partial charge in [0.2, 0.25) is 0 Å². The third-order valence-electron chi connectivity index (χ3n) is 3.85. The zero-order valence-electron chi connectivity index (χ0n) is 11.1. The normalized spacial score (nSPS) is 27.6. The molecule has 0 radical (unpaired) electrons. The molecule has 6 heteroatoms. The molecule has 3 unspecified atom stereocenters. The number of likely N-dealkylation sites (N-methyl/N-ethyl adjacent to an activating group) is 1. The Morgan fingerprint density at radius 1 is 1.37 bits per heavy atom. The maximum atomic E-state index is 13.8. The molecule has 1 aliphatic rings. The number of halogens is 1. The van der Waals surface area contributed by atoms with Crippen LogP contribution in [0.15, 0.2) is 24.3 Å². The van der Waals surface area contributed by atoms with Crippen molar-refractivity contribution in [1.82, 2.24) is 4.90 Å². The quantitative estimate of drug-likeness (QED) is 0.898. The number of rotatable bonds is 3. The fraction of sp³-hybridized carbons (Fsp3) is 0.538. The number of hydrogen-bond donors (Lipinski definition) is 1. The standard InChI is InChI=1S/C13H19FN2O2S/c1-9(10-5-3-4-6-11(10)14)16(2)13-8-19(17,18)7-12(13)15/h3-6,9,12-13H,7-8,15H2,1-2H3. The summed E-state index contributed by atoms with van der Waals surface area (Å²) in [5.74, 6) is -0.230. The molecule has 2 rings (SSSR count). The monoisotopic (exact) mass is 286 g/mol. The van der Waals surface area contributed by atoms with Gasteiger partial charge in [0.15, 0.2) is 9.84 Å². The summed E-state index contributed by atoms with van der Waals surface area (Å²) in [4.78, 5) is 1.85. The first-order valence-electron chi connectivity index (χ1n) is 6.24. The average Bonchev–Trinajstić information content (AvgIpc) is 2.61. The van der Waals surface area contributed by atoms with E-state index in [0.717, 1.165) is 0 Å². The van der Waals surface area contributed by atoms with Gasteiger partial charge < -0.3 is 5.73 Å². The fourth-order valence-electron chi connectivity index (χ4n) is 2.60. The Morgan fingerprint density at radius 3 is 2.53 bits per heavy atom. The predicted molar refractivity (Wildman–Crippen MR) is 73.0 cm³/mol. The lowest BCUT2D eigenvalue weighted by molar-refractivity contribution is 0.184. The molecule has 0 amide bonds. The highest BCUT2D eigenvalue weighted by Crippen LogP contribution is 2.27. The van der Waals surface area contributed by atoms with Crippen LogP contribution in [0, 0.1) is 5.82 Å². The zero-order valence-corrected chi connectivity index (χ0v) is 11.9. The van der Waals surface area contributed by atoms with E-state index in [9.17, 15) is 12.8 Å². The first-order valence-corrected chi connectivity index (χ1v) is 8.06. The highest BCUT2D eigenvalue weighted by molar-refractivity contribution is 7.91. The maximum Gasteiger partial charge on any atom is 0.153 e. The summed E-state index contributed by atoms with van der Waals surface area (Å²) in [6.45, 7) is 1.86. The Kier molecular flexibility index (Phi) is 3.94. The van der Waals surface area contributed by atoms with Crippen molar-refractivity contribution in [2.75, 3.05) is 18.6 Å². The topological polar surface area (TPSA) is 63.4 Å². The summed E-state index contributed by atoms with van der Waals surface area (Å²) in [6.07, 6.45) is 0. The van der Waals surface area contributed by atoms with Gasteiger partial charge in [0.05, 0.1) is 11.5 Å². The van der Waals surface area contributed by atoms with Gasteiger partial charge in [0.25, 0.3) is 0 Å². The SMILES string of the molecule is CC(c1ccccc1F)N(C)C1CS(=O)(=O)CC1N. The largest absolute Gasteiger partial charge is 0.325 e. The number of benzene rings is 1. The van der Waals surface area contributed by atoms with Crippen LogP contribution in [0.5, 0.6) is 0 Å². The average molecular weight is 286 g/mol. The minimum absolute atomic E-state index is 0.00595. The highest BCUT2D eigenvalue weighted by atomic mass is 32.2. The fourth-order valence-corrected chi connectivity index (χ4v) is 4.54. The van der Waals surface area contributed by atoms with E-state index in [1.165, 1.54) is 6.07 Å². The summed E-state index contributed by atoms with van der Waals surface area (Å²) in [5.41, 5.74) is 6.45. The van der Waals surface area contributed by atoms with E-state index in [2.05, 4.69) is 0 Å². The van der Waals surface area contributed by atoms with Crippen LogP contribution in [-0.4, -0.2) is 44.0 Å². The van der Waals surface area contributed by atoms with Gasteiger partial charge in [-0.3, -0.25) is 4.90 Å². The Bertz CT molecular complexity index is 562. The lowest BCUT2D eigenvalue weighted by Gasteiger charge is -2.32. The lowest BCUT2D eigenvalue weighted by atomic mass is 10.0. The second-order valence-corrected chi connectivity index (χ2v) is 7.32. The van der Waals surface area contributed by atoms with Gasteiger partial charge >= 0.3 is 0 Å². The van der Waals surface area contributed by atoms with E-state index >= 15 is 0 Å². The van der Waals surface area contributed by atoms with E-state index in [0.29, 0.717) is 5.56 Å². The Balaban J connectivity index is 2.21. The molecule has 2 N–H and O–H groups in total. The van der Waals surface area contributed by atoms with Crippen LogP contribution in [0.3, 0.4) is 0 Å². The maximum absolute atomic E-state index is 13.8. The van der Waals surface area contributed by atoms with Crippen LogP contribution in [-0.2, 0) is 9.84 Å². The van der Waals surface area contributed by atoms with Crippen LogP contribution in [0.2, 0.25) is 0 Å². The van der Waals surface area contributed by atoms with E-state index < -0.39 is 15.9 Å². The number of sulfone groups is 1. The van der Waals surface area contributed by atoms with Crippen LogP contribution < -0.4 is 5.73 Å². The van der Waals surface area contributed by atoms with Crippen molar-refractivity contribution in [3.05, 3.63) is 35.6 Å². The molecular weight excluding hydrogens is 267 g/mol. The number of hydrogen-bond acceptors (Lipinski definition) is 4. The molecule has 1 aromatic rings. The van der Waals surface area contributed by atoms with Crippen LogP contribution in [0.4, 0.5) is 4.39 Å². The van der Waals surface area contributed by atoms with E-state index in [4.69, 9.17) is 5.73 Å². The van der Waals surface area contributed by atoms with E-state index in [1.54, 1.807) is 25.2 Å². The Labute approximate surface area is 113 Å². The Morgan fingerprint density at radius 2 is 2.00 bits per heavy atom. The second-order valence-electron chi connectivity index (χ2n) is 5.17. The summed E-state index contributed by atoms with van der Waals surface area (Å²) in [6, 6.07) is 5.64. The smallest absolute Gasteiger partial charge is 0.153 e. The number of nitrogens with zero attached hydrogens (tertiary/aromatic N) is 1. The van der Waals surface area contributed by atoms with E-state index in [-0.39, 0.29) is 29.4 Å². The van der Waals surface area contributed by atoms with Crippen molar-refractivity contribution in [3.63, 3.8) is 0 Å². The van der Waals surface area contributed by atoms with Gasteiger partial charge in [-0.15, -0.1) is 0 Å². The van der Waals surface area contributed by atoms with Gasteiger partial charge in [-0.05, 0) is 20.0 Å². The van der Waals surface area contributed by atoms with Crippen LogP contribution in [0.25, 0.3) is 0 Å². The molecule has 0 spiro atoms. The molecule has 106 valence electrons. The molecule has 1 fully saturated rings. The van der Waals surface area contributed by atoms with E-state index in [1.807, 2.05) is 11.8 Å². The van der Waals surface area contributed by atoms with Crippen molar-refractivity contribution in [3.8, 4) is 0 Å². The molecule has 0 aliphatic carbocycles. The van der Waals surface area contributed by atoms with Crippen molar-refractivity contribution in [2.45, 2.75) is 25.0 Å². The van der Waals surface area contributed by atoms with Crippen molar-refractivity contribution in [1.29, 1.82) is 0 Å². The zero-order chi connectivity index (χ0) is 14.2. The third-order valence-corrected chi connectivity index (χ3v) is 5.60. The molecule has 0 aromatic heterocycles. The molecule has 19 heavy (non-hydrogen) atoms. The van der Waals surface area contributed by atoms with Gasteiger partial charge in [-0.1, -0.05) is 18.2 Å². The summed E-state index contributed by atoms with van der Waals surface area (Å²) < 4.78 is 37.0. The first-order chi connectivity index (χ1) is 8.82. The lowest BCUT2D eigenvalue weighted by Crippen LogP contribution is -2.46.